The van der Waals surface area contributed by atoms with E-state index in [1.165, 1.54) is 54.1 Å². The summed E-state index contributed by atoms with van der Waals surface area (Å²) in [4.78, 5) is 28.6. The van der Waals surface area contributed by atoms with E-state index in [4.69, 9.17) is 0 Å². The normalized spacial score (nSPS) is 17.6. The number of allylic oxidation sites excluding steroid dienone is 2. The number of aryl methyl sites for hydroxylation is 2. The molecular formula is C33H56N8O. The second-order valence-corrected chi connectivity index (χ2v) is 10.3. The molecule has 9 nitrogen and oxygen atoms in total. The van der Waals surface area contributed by atoms with Gasteiger partial charge in [-0.05, 0) is 93.9 Å². The lowest BCUT2D eigenvalue weighted by atomic mass is 10.1. The zero-order valence-electron chi connectivity index (χ0n) is 27.9. The summed E-state index contributed by atoms with van der Waals surface area (Å²) in [6, 6.07) is 6.77. The summed E-state index contributed by atoms with van der Waals surface area (Å²) in [5, 5.41) is 4.39. The van der Waals surface area contributed by atoms with Crippen LogP contribution < -0.4 is 15.6 Å². The number of anilines is 1. The quantitative estimate of drug-likeness (QED) is 0.275. The number of carbonyl (C=O) groups is 1. The number of amidine groups is 1. The van der Waals surface area contributed by atoms with Crippen LogP contribution in [-0.4, -0.2) is 94.1 Å². The number of amides is 1. The Morgan fingerprint density at radius 3 is 2.29 bits per heavy atom. The lowest BCUT2D eigenvalue weighted by Crippen LogP contribution is -2.36. The minimum Gasteiger partial charge on any atom is -0.370 e. The van der Waals surface area contributed by atoms with Gasteiger partial charge < -0.3 is 9.80 Å². The van der Waals surface area contributed by atoms with Crippen molar-refractivity contribution in [3.05, 3.63) is 65.9 Å². The van der Waals surface area contributed by atoms with E-state index in [9.17, 15) is 4.79 Å². The largest absolute Gasteiger partial charge is 0.370 e. The molecule has 0 aromatic heterocycles. The van der Waals surface area contributed by atoms with Crippen LogP contribution >= 0.6 is 0 Å². The predicted molar refractivity (Wildman–Crippen MR) is 184 cm³/mol. The van der Waals surface area contributed by atoms with Gasteiger partial charge in [0.25, 0.3) is 5.91 Å². The fourth-order valence-corrected chi connectivity index (χ4v) is 3.76. The molecule has 42 heavy (non-hydrogen) atoms. The summed E-state index contributed by atoms with van der Waals surface area (Å²) < 4.78 is 0. The highest BCUT2D eigenvalue weighted by Crippen LogP contribution is 2.22. The zero-order valence-corrected chi connectivity index (χ0v) is 27.9. The van der Waals surface area contributed by atoms with Gasteiger partial charge in [0.2, 0.25) is 0 Å². The van der Waals surface area contributed by atoms with Gasteiger partial charge in [0.1, 0.15) is 5.57 Å². The number of hydrazine groups is 1. The first-order valence-corrected chi connectivity index (χ1v) is 14.6. The van der Waals surface area contributed by atoms with E-state index in [0.717, 1.165) is 12.3 Å². The first-order chi connectivity index (χ1) is 20.0. The van der Waals surface area contributed by atoms with Crippen molar-refractivity contribution in [3.8, 4) is 0 Å². The summed E-state index contributed by atoms with van der Waals surface area (Å²) in [7, 11) is 5.79. The molecule has 2 aliphatic heterocycles. The Kier molecular flexibility index (Phi) is 20.2. The van der Waals surface area contributed by atoms with E-state index in [0.29, 0.717) is 18.0 Å². The highest BCUT2D eigenvalue weighted by molar-refractivity contribution is 6.24. The Labute approximate surface area is 255 Å². The molecule has 1 amide bonds. The van der Waals surface area contributed by atoms with Gasteiger partial charge >= 0.3 is 0 Å². The van der Waals surface area contributed by atoms with Crippen molar-refractivity contribution < 1.29 is 4.79 Å². The molecule has 234 valence electrons. The predicted octanol–water partition coefficient (Wildman–Crippen LogP) is 5.19. The van der Waals surface area contributed by atoms with Crippen LogP contribution in [-0.2, 0) is 4.79 Å². The Bertz CT molecular complexity index is 1080. The van der Waals surface area contributed by atoms with Crippen molar-refractivity contribution in [3.63, 3.8) is 0 Å². The minimum atomic E-state index is -0.181. The number of carbonyl (C=O) groups excluding carboxylic acids is 1. The number of hydrogen-bond donors (Lipinski definition) is 2. The number of rotatable bonds is 6. The first-order valence-electron chi connectivity index (χ1n) is 14.6. The van der Waals surface area contributed by atoms with Crippen LogP contribution in [0.1, 0.15) is 52.2 Å². The van der Waals surface area contributed by atoms with E-state index < -0.39 is 0 Å². The van der Waals surface area contributed by atoms with Crippen molar-refractivity contribution in [2.24, 2.45) is 15.0 Å². The number of likely N-dealkylation sites (N-methyl/N-ethyl adjacent to an activating group) is 1. The third-order valence-electron chi connectivity index (χ3n) is 6.44. The fourth-order valence-electron chi connectivity index (χ4n) is 3.76. The molecule has 0 radical (unpaired) electrons. The highest BCUT2D eigenvalue weighted by atomic mass is 16.2. The molecule has 0 bridgehead atoms. The van der Waals surface area contributed by atoms with Crippen molar-refractivity contribution in [1.82, 2.24) is 20.7 Å². The van der Waals surface area contributed by atoms with Gasteiger partial charge in [-0.25, -0.2) is 10.0 Å². The van der Waals surface area contributed by atoms with Crippen LogP contribution in [0.3, 0.4) is 0 Å². The smallest absolute Gasteiger partial charge is 0.277 e. The van der Waals surface area contributed by atoms with Gasteiger partial charge in [-0.2, -0.15) is 0 Å². The molecule has 1 unspecified atom stereocenters. The summed E-state index contributed by atoms with van der Waals surface area (Å²) in [5.41, 5.74) is 8.62. The number of hydrogen-bond acceptors (Lipinski definition) is 7. The number of nitrogens with zero attached hydrogens (tertiary/aromatic N) is 6. The van der Waals surface area contributed by atoms with E-state index in [1.807, 2.05) is 46.8 Å². The Balaban J connectivity index is 0.000000624. The van der Waals surface area contributed by atoms with Crippen LogP contribution in [0.4, 0.5) is 5.69 Å². The number of aliphatic imine (C=N–C) groups is 3. The molecule has 1 aromatic carbocycles. The van der Waals surface area contributed by atoms with E-state index in [1.54, 1.807) is 20.2 Å². The zero-order chi connectivity index (χ0) is 32.1. The molecular weight excluding hydrogens is 524 g/mol. The lowest BCUT2D eigenvalue weighted by molar-refractivity contribution is -0.126. The molecule has 1 atom stereocenters. The number of nitrogens with one attached hydrogen (secondary N) is 2. The third kappa shape index (κ3) is 14.9. The molecule has 2 aliphatic rings. The molecule has 2 fully saturated rings. The third-order valence-corrected chi connectivity index (χ3v) is 6.44. The van der Waals surface area contributed by atoms with Gasteiger partial charge in [-0.1, -0.05) is 35.9 Å². The number of benzene rings is 1. The first kappa shape index (κ1) is 38.4. The monoisotopic (exact) mass is 580 g/mol. The second-order valence-electron chi connectivity index (χ2n) is 10.3. The average Bonchev–Trinajstić information content (AvgIpc) is 3.10. The average molecular weight is 581 g/mol. The molecule has 0 aliphatic carbocycles. The van der Waals surface area contributed by atoms with Gasteiger partial charge in [-0.3, -0.25) is 25.5 Å². The maximum Gasteiger partial charge on any atom is 0.277 e. The molecule has 3 rings (SSSR count). The second kappa shape index (κ2) is 22.1. The van der Waals surface area contributed by atoms with Gasteiger partial charge in [0.05, 0.1) is 12.7 Å². The maximum atomic E-state index is 11.9. The fraction of sp³-hybridized carbons (Fsp3) is 0.515. The van der Waals surface area contributed by atoms with Crippen molar-refractivity contribution >= 4 is 29.9 Å². The molecule has 9 heteroatoms. The lowest BCUT2D eigenvalue weighted by Gasteiger charge is -2.25. The van der Waals surface area contributed by atoms with E-state index in [2.05, 4.69) is 87.9 Å². The standard InChI is InChI=1S/C14H22N2.C11H17N5O.C4H9N.C4H8/c1-12-5-6-14(13(2)11-12)16-8-4-7-15(3)9-10-16;1-5-6-16-11(17)9(7-12-3)10(15-16)14-8(2)13-4;1-4(2)5-3;1-3-4-2/h5-6,11H,4,7-10H2,1-3H3;5,7-8,13H,1,3,6H2,2,4H3,(H,14,15);1-3H3;3-4H,1-2H3/b;9-7+;;4-3+. The molecule has 2 saturated heterocycles. The molecule has 0 spiro atoms. The van der Waals surface area contributed by atoms with Gasteiger partial charge in [-0.15, -0.1) is 6.58 Å². The van der Waals surface area contributed by atoms with E-state index in [-0.39, 0.29) is 12.1 Å². The van der Waals surface area contributed by atoms with Crippen molar-refractivity contribution in [2.75, 3.05) is 58.8 Å². The highest BCUT2D eigenvalue weighted by Gasteiger charge is 2.31. The topological polar surface area (TPSA) is 87.9 Å². The van der Waals surface area contributed by atoms with Gasteiger partial charge in [0, 0.05) is 44.3 Å². The van der Waals surface area contributed by atoms with Crippen LogP contribution in [0, 0.1) is 13.8 Å². The van der Waals surface area contributed by atoms with Crippen molar-refractivity contribution in [1.29, 1.82) is 0 Å². The van der Waals surface area contributed by atoms with Crippen LogP contribution in [0.15, 0.2) is 69.8 Å². The molecule has 1 aromatic rings. The molecule has 0 saturated carbocycles. The summed E-state index contributed by atoms with van der Waals surface area (Å²) >= 11 is 0. The SMILES string of the molecule is C/C=C/C.C=CCN1NC(=N/C(C)NC)/C(=C\N=C)C1=O.CN=C(C)C.Cc1ccc(N2CCCN(C)CC2)c(C)c1. The van der Waals surface area contributed by atoms with E-state index >= 15 is 0 Å². The summed E-state index contributed by atoms with van der Waals surface area (Å²) in [6.07, 6.45) is 8.21. The molecule has 2 heterocycles. The Morgan fingerprint density at radius 2 is 1.79 bits per heavy atom. The van der Waals surface area contributed by atoms with Crippen LogP contribution in [0.25, 0.3) is 0 Å². The maximum absolute atomic E-state index is 11.9. The van der Waals surface area contributed by atoms with Crippen molar-refractivity contribution in [2.45, 2.75) is 61.1 Å². The summed E-state index contributed by atoms with van der Waals surface area (Å²) in [6.45, 7) is 26.3. The summed E-state index contributed by atoms with van der Waals surface area (Å²) in [5.74, 6) is 0.311. The minimum absolute atomic E-state index is 0.0952. The Morgan fingerprint density at radius 1 is 1.14 bits per heavy atom. The van der Waals surface area contributed by atoms with Gasteiger partial charge in [0.15, 0.2) is 5.84 Å². The van der Waals surface area contributed by atoms with Crippen LogP contribution in [0.5, 0.6) is 0 Å². The van der Waals surface area contributed by atoms with Crippen LogP contribution in [0.2, 0.25) is 0 Å². The molecule has 2 N–H and O–H groups in total. The Hall–Kier alpha value is -3.56.